The Hall–Kier alpha value is -1.64. The highest BCUT2D eigenvalue weighted by Crippen LogP contribution is 2.18. The number of hydrogen-bond acceptors (Lipinski definition) is 3. The average molecular weight is 332 g/mol. The van der Waals surface area contributed by atoms with E-state index < -0.39 is 0 Å². The molecule has 1 aromatic rings. The molecule has 0 heterocycles. The molecule has 1 unspecified atom stereocenters. The molecule has 3 nitrogen and oxygen atoms in total. The van der Waals surface area contributed by atoms with Gasteiger partial charge in [0, 0.05) is 12.8 Å². The number of carbonyl (C=O) groups excluding carboxylic acids is 2. The van der Waals surface area contributed by atoms with E-state index in [1.54, 1.807) is 7.11 Å². The van der Waals surface area contributed by atoms with E-state index in [2.05, 4.69) is 12.1 Å². The number of methoxy groups -OCH3 is 1. The van der Waals surface area contributed by atoms with Crippen LogP contribution in [0.25, 0.3) is 0 Å². The maximum atomic E-state index is 12.1. The second kappa shape index (κ2) is 11.8. The van der Waals surface area contributed by atoms with Crippen molar-refractivity contribution in [3.8, 4) is 5.75 Å². The lowest BCUT2D eigenvalue weighted by Crippen LogP contribution is -2.23. The third kappa shape index (κ3) is 7.29. The van der Waals surface area contributed by atoms with Gasteiger partial charge in [-0.1, -0.05) is 45.2 Å². The van der Waals surface area contributed by atoms with Crippen molar-refractivity contribution in [1.82, 2.24) is 0 Å². The predicted molar refractivity (Wildman–Crippen MR) is 98.5 cm³/mol. The minimum absolute atomic E-state index is 0.117. The number of carbonyl (C=O) groups is 2. The SMILES string of the molecule is CCCC(=O)C(CCCCCCc1ccc(OC)cc1)C(=O)CC. The molecule has 0 spiro atoms. The van der Waals surface area contributed by atoms with Crippen LogP contribution in [0.4, 0.5) is 0 Å². The molecule has 3 heteroatoms. The molecule has 0 fully saturated rings. The summed E-state index contributed by atoms with van der Waals surface area (Å²) in [6, 6.07) is 8.21. The number of rotatable bonds is 13. The lowest BCUT2D eigenvalue weighted by Gasteiger charge is -2.13. The fourth-order valence-corrected chi connectivity index (χ4v) is 2.99. The second-order valence-corrected chi connectivity index (χ2v) is 6.39. The number of hydrogen-bond donors (Lipinski definition) is 0. The second-order valence-electron chi connectivity index (χ2n) is 6.39. The van der Waals surface area contributed by atoms with E-state index in [-0.39, 0.29) is 17.5 Å². The molecular weight excluding hydrogens is 300 g/mol. The zero-order valence-electron chi connectivity index (χ0n) is 15.5. The predicted octanol–water partition coefficient (Wildman–Crippen LogP) is 5.15. The fraction of sp³-hybridized carbons (Fsp3) is 0.619. The summed E-state index contributed by atoms with van der Waals surface area (Å²) in [4.78, 5) is 24.0. The zero-order valence-corrected chi connectivity index (χ0v) is 15.5. The van der Waals surface area contributed by atoms with Crippen molar-refractivity contribution in [3.05, 3.63) is 29.8 Å². The van der Waals surface area contributed by atoms with Crippen LogP contribution < -0.4 is 4.74 Å². The molecule has 134 valence electrons. The summed E-state index contributed by atoms with van der Waals surface area (Å²) in [5, 5.41) is 0. The van der Waals surface area contributed by atoms with Gasteiger partial charge in [-0.15, -0.1) is 0 Å². The highest BCUT2D eigenvalue weighted by Gasteiger charge is 2.23. The summed E-state index contributed by atoms with van der Waals surface area (Å²) in [5.74, 6) is 0.799. The van der Waals surface area contributed by atoms with Crippen LogP contribution in [0.5, 0.6) is 5.75 Å². The minimum Gasteiger partial charge on any atom is -0.497 e. The maximum Gasteiger partial charge on any atom is 0.143 e. The molecule has 0 bridgehead atoms. The van der Waals surface area contributed by atoms with Gasteiger partial charge in [-0.25, -0.2) is 0 Å². The molecule has 0 aliphatic rings. The largest absolute Gasteiger partial charge is 0.497 e. The van der Waals surface area contributed by atoms with Crippen molar-refractivity contribution in [2.45, 2.75) is 71.6 Å². The number of aryl methyl sites for hydroxylation is 1. The van der Waals surface area contributed by atoms with E-state index >= 15 is 0 Å². The Morgan fingerprint density at radius 2 is 1.62 bits per heavy atom. The van der Waals surface area contributed by atoms with Crippen molar-refractivity contribution in [2.24, 2.45) is 5.92 Å². The first-order valence-corrected chi connectivity index (χ1v) is 9.30. The zero-order chi connectivity index (χ0) is 17.8. The summed E-state index contributed by atoms with van der Waals surface area (Å²) >= 11 is 0. The number of benzene rings is 1. The van der Waals surface area contributed by atoms with Crippen molar-refractivity contribution < 1.29 is 14.3 Å². The molecule has 24 heavy (non-hydrogen) atoms. The Morgan fingerprint density at radius 3 is 2.21 bits per heavy atom. The van der Waals surface area contributed by atoms with Gasteiger partial charge >= 0.3 is 0 Å². The molecule has 1 atom stereocenters. The standard InChI is InChI=1S/C21H32O3/c1-4-10-21(23)19(20(22)5-2)12-9-7-6-8-11-17-13-15-18(24-3)16-14-17/h13-16,19H,4-12H2,1-3H3. The monoisotopic (exact) mass is 332 g/mol. The maximum absolute atomic E-state index is 12.1. The third-order valence-corrected chi connectivity index (χ3v) is 4.49. The number of Topliss-reactive ketones (excluding diaryl/α,β-unsaturated/α-hetero) is 2. The highest BCUT2D eigenvalue weighted by molar-refractivity contribution is 6.02. The molecule has 0 aliphatic heterocycles. The summed E-state index contributed by atoms with van der Waals surface area (Å²) in [6.07, 6.45) is 7.96. The minimum atomic E-state index is -0.350. The van der Waals surface area contributed by atoms with E-state index in [1.165, 1.54) is 5.56 Å². The molecular formula is C21H32O3. The lowest BCUT2D eigenvalue weighted by atomic mass is 9.89. The van der Waals surface area contributed by atoms with Crippen molar-refractivity contribution in [1.29, 1.82) is 0 Å². The van der Waals surface area contributed by atoms with E-state index in [9.17, 15) is 9.59 Å². The molecule has 0 N–H and O–H groups in total. The summed E-state index contributed by atoms with van der Waals surface area (Å²) in [5.41, 5.74) is 1.33. The molecule has 1 rings (SSSR count). The van der Waals surface area contributed by atoms with Gasteiger partial charge in [0.1, 0.15) is 17.3 Å². The van der Waals surface area contributed by atoms with Gasteiger partial charge < -0.3 is 4.74 Å². The van der Waals surface area contributed by atoms with Crippen LogP contribution in [0.15, 0.2) is 24.3 Å². The first kappa shape index (κ1) is 20.4. The first-order chi connectivity index (χ1) is 11.6. The van der Waals surface area contributed by atoms with Crippen LogP contribution in [-0.4, -0.2) is 18.7 Å². The average Bonchev–Trinajstić information content (AvgIpc) is 2.61. The molecule has 0 saturated carbocycles. The van der Waals surface area contributed by atoms with Crippen LogP contribution in [0.2, 0.25) is 0 Å². The van der Waals surface area contributed by atoms with Gasteiger partial charge in [0.05, 0.1) is 13.0 Å². The van der Waals surface area contributed by atoms with E-state index in [4.69, 9.17) is 4.74 Å². The van der Waals surface area contributed by atoms with Gasteiger partial charge in [0.15, 0.2) is 0 Å². The lowest BCUT2D eigenvalue weighted by molar-refractivity contribution is -0.133. The number of ketones is 2. The van der Waals surface area contributed by atoms with Gasteiger partial charge in [-0.3, -0.25) is 9.59 Å². The summed E-state index contributed by atoms with van der Waals surface area (Å²) < 4.78 is 5.16. The normalized spacial score (nSPS) is 12.0. The topological polar surface area (TPSA) is 43.4 Å². The molecule has 0 amide bonds. The quantitative estimate of drug-likeness (QED) is 0.370. The third-order valence-electron chi connectivity index (χ3n) is 4.49. The van der Waals surface area contributed by atoms with E-state index in [0.717, 1.165) is 50.7 Å². The van der Waals surface area contributed by atoms with Crippen LogP contribution in [0.1, 0.15) is 70.8 Å². The molecule has 0 aromatic heterocycles. The molecule has 0 saturated heterocycles. The first-order valence-electron chi connectivity index (χ1n) is 9.30. The number of ether oxygens (including phenoxy) is 1. The van der Waals surface area contributed by atoms with Gasteiger partial charge in [-0.05, 0) is 43.4 Å². The Kier molecular flexibility index (Phi) is 10.1. The Labute approximate surface area is 146 Å². The van der Waals surface area contributed by atoms with Crippen LogP contribution >= 0.6 is 0 Å². The van der Waals surface area contributed by atoms with Crippen molar-refractivity contribution in [3.63, 3.8) is 0 Å². The Bertz CT molecular complexity index is 490. The van der Waals surface area contributed by atoms with Crippen LogP contribution in [0, 0.1) is 5.92 Å². The van der Waals surface area contributed by atoms with Gasteiger partial charge in [0.25, 0.3) is 0 Å². The Balaban J connectivity index is 2.25. The molecule has 0 aliphatic carbocycles. The molecule has 1 aromatic carbocycles. The van der Waals surface area contributed by atoms with Gasteiger partial charge in [-0.2, -0.15) is 0 Å². The Morgan fingerprint density at radius 1 is 0.958 bits per heavy atom. The van der Waals surface area contributed by atoms with Crippen LogP contribution in [-0.2, 0) is 16.0 Å². The smallest absolute Gasteiger partial charge is 0.143 e. The fourth-order valence-electron chi connectivity index (χ4n) is 2.99. The highest BCUT2D eigenvalue weighted by atomic mass is 16.5. The van der Waals surface area contributed by atoms with Crippen molar-refractivity contribution in [2.75, 3.05) is 7.11 Å². The molecule has 0 radical (unpaired) electrons. The van der Waals surface area contributed by atoms with Crippen molar-refractivity contribution >= 4 is 11.6 Å². The summed E-state index contributed by atoms with van der Waals surface area (Å²) in [7, 11) is 1.68. The van der Waals surface area contributed by atoms with Crippen LogP contribution in [0.3, 0.4) is 0 Å². The number of unbranched alkanes of at least 4 members (excludes halogenated alkanes) is 3. The van der Waals surface area contributed by atoms with Gasteiger partial charge in [0.2, 0.25) is 0 Å². The van der Waals surface area contributed by atoms with E-state index in [1.807, 2.05) is 26.0 Å². The van der Waals surface area contributed by atoms with E-state index in [0.29, 0.717) is 12.8 Å². The summed E-state index contributed by atoms with van der Waals surface area (Å²) in [6.45, 7) is 3.84.